The molecule has 0 aliphatic carbocycles. The highest BCUT2D eigenvalue weighted by Gasteiger charge is 2.04. The summed E-state index contributed by atoms with van der Waals surface area (Å²) in [7, 11) is 0. The minimum atomic E-state index is 0.571. The van der Waals surface area contributed by atoms with Crippen LogP contribution >= 0.6 is 23.2 Å². The highest BCUT2D eigenvalue weighted by Crippen LogP contribution is 2.15. The number of alkyl halides is 2. The van der Waals surface area contributed by atoms with Crippen molar-refractivity contribution in [3.63, 3.8) is 0 Å². The first-order valence-electron chi connectivity index (χ1n) is 6.90. The summed E-state index contributed by atoms with van der Waals surface area (Å²) in [4.78, 5) is 2.15. The molecule has 0 amide bonds. The zero-order chi connectivity index (χ0) is 15.6. The number of hydrogen-bond acceptors (Lipinski definition) is 4. The Labute approximate surface area is 140 Å². The van der Waals surface area contributed by atoms with Crippen LogP contribution < -0.4 is 4.90 Å². The summed E-state index contributed by atoms with van der Waals surface area (Å²) >= 11 is 11.6. The predicted octanol–water partition coefficient (Wildman–Crippen LogP) is 4.02. The summed E-state index contributed by atoms with van der Waals surface area (Å²) in [5.41, 5.74) is 2.06. The quantitative estimate of drug-likeness (QED) is 0.414. The van der Waals surface area contributed by atoms with Crippen molar-refractivity contribution in [3.05, 3.63) is 54.0 Å². The van der Waals surface area contributed by atoms with Crippen LogP contribution in [0.15, 0.2) is 57.3 Å². The number of nitrogens with zero attached hydrogens (tertiary/aromatic N) is 3. The monoisotopic (exact) mass is 337 g/mol. The lowest BCUT2D eigenvalue weighted by Gasteiger charge is -2.22. The smallest absolute Gasteiger partial charge is 0.146 e. The molecule has 1 heterocycles. The first-order chi connectivity index (χ1) is 10.8. The predicted molar refractivity (Wildman–Crippen MR) is 94.0 cm³/mol. The number of benzene rings is 1. The number of furan rings is 1. The van der Waals surface area contributed by atoms with Gasteiger partial charge in [0.2, 0.25) is 0 Å². The third-order valence-electron chi connectivity index (χ3n) is 2.97. The van der Waals surface area contributed by atoms with Gasteiger partial charge in [-0.2, -0.15) is 10.2 Å². The molecule has 0 unspecified atom stereocenters. The number of halogens is 2. The van der Waals surface area contributed by atoms with Crippen molar-refractivity contribution in [3.8, 4) is 0 Å². The molecule has 6 heteroatoms. The van der Waals surface area contributed by atoms with Crippen molar-refractivity contribution in [2.45, 2.75) is 0 Å². The highest BCUT2D eigenvalue weighted by molar-refractivity contribution is 6.18. The zero-order valence-electron chi connectivity index (χ0n) is 12.0. The molecule has 22 heavy (non-hydrogen) atoms. The first-order valence-corrected chi connectivity index (χ1v) is 7.97. The van der Waals surface area contributed by atoms with Gasteiger partial charge in [-0.25, -0.2) is 0 Å². The van der Waals surface area contributed by atoms with Crippen LogP contribution in [0.1, 0.15) is 11.3 Å². The van der Waals surface area contributed by atoms with E-state index in [9.17, 15) is 0 Å². The first kappa shape index (κ1) is 16.6. The van der Waals surface area contributed by atoms with Crippen molar-refractivity contribution in [1.29, 1.82) is 0 Å². The molecule has 0 aliphatic heterocycles. The van der Waals surface area contributed by atoms with Crippen LogP contribution in [0.5, 0.6) is 0 Å². The zero-order valence-corrected chi connectivity index (χ0v) is 13.5. The standard InChI is InChI=1S/C16H17Cl2N3O/c17-7-9-21(10-8-18)15-5-3-14(4-6-15)12-19-20-13-16-2-1-11-22-16/h1-6,11-13H,7-10H2/b19-12+,20-13+. The van der Waals surface area contributed by atoms with Gasteiger partial charge in [-0.3, -0.25) is 0 Å². The molecule has 0 aliphatic rings. The van der Waals surface area contributed by atoms with Gasteiger partial charge in [0.25, 0.3) is 0 Å². The van der Waals surface area contributed by atoms with E-state index in [1.165, 1.54) is 0 Å². The maximum atomic E-state index is 5.81. The molecule has 2 rings (SSSR count). The summed E-state index contributed by atoms with van der Waals surface area (Å²) in [6.45, 7) is 1.55. The second kappa shape index (κ2) is 9.28. The van der Waals surface area contributed by atoms with E-state index < -0.39 is 0 Å². The van der Waals surface area contributed by atoms with Gasteiger partial charge in [0, 0.05) is 30.5 Å². The molecule has 0 bridgehead atoms. The number of anilines is 1. The molecule has 1 aromatic heterocycles. The molecular weight excluding hydrogens is 321 g/mol. The fourth-order valence-corrected chi connectivity index (χ4v) is 2.31. The molecular formula is C16H17Cl2N3O. The Balaban J connectivity index is 1.96. The van der Waals surface area contributed by atoms with Gasteiger partial charge >= 0.3 is 0 Å². The van der Waals surface area contributed by atoms with Crippen LogP contribution in [0.3, 0.4) is 0 Å². The topological polar surface area (TPSA) is 41.1 Å². The normalized spacial score (nSPS) is 11.5. The second-order valence-corrected chi connectivity index (χ2v) is 5.22. The van der Waals surface area contributed by atoms with Crippen LogP contribution in [0.2, 0.25) is 0 Å². The van der Waals surface area contributed by atoms with Crippen molar-refractivity contribution >= 4 is 41.3 Å². The molecule has 0 N–H and O–H groups in total. The average Bonchev–Trinajstić information content (AvgIpc) is 3.05. The van der Waals surface area contributed by atoms with Crippen LogP contribution in [0.4, 0.5) is 5.69 Å². The van der Waals surface area contributed by atoms with Crippen molar-refractivity contribution in [2.24, 2.45) is 10.2 Å². The Morgan fingerprint density at radius 2 is 1.64 bits per heavy atom. The minimum absolute atomic E-state index is 0.571. The van der Waals surface area contributed by atoms with E-state index >= 15 is 0 Å². The van der Waals surface area contributed by atoms with Crippen molar-refractivity contribution in [1.82, 2.24) is 0 Å². The SMILES string of the molecule is ClCCN(CCCl)c1ccc(/C=N/N=C/c2ccco2)cc1. The van der Waals surface area contributed by atoms with E-state index in [-0.39, 0.29) is 0 Å². The molecule has 1 aromatic carbocycles. The largest absolute Gasteiger partial charge is 0.463 e. The van der Waals surface area contributed by atoms with Crippen LogP contribution in [-0.2, 0) is 0 Å². The van der Waals surface area contributed by atoms with Gasteiger partial charge in [-0.1, -0.05) is 12.1 Å². The molecule has 116 valence electrons. The molecule has 0 spiro atoms. The van der Waals surface area contributed by atoms with Gasteiger partial charge in [-0.05, 0) is 29.8 Å². The van der Waals surface area contributed by atoms with E-state index in [1.54, 1.807) is 24.8 Å². The van der Waals surface area contributed by atoms with E-state index in [4.69, 9.17) is 27.6 Å². The molecule has 0 saturated carbocycles. The van der Waals surface area contributed by atoms with Crippen LogP contribution in [0.25, 0.3) is 0 Å². The van der Waals surface area contributed by atoms with E-state index in [0.717, 1.165) is 24.3 Å². The van der Waals surface area contributed by atoms with Gasteiger partial charge in [0.1, 0.15) is 5.76 Å². The Morgan fingerprint density at radius 1 is 0.955 bits per heavy atom. The Kier molecular flexibility index (Phi) is 7.00. The lowest BCUT2D eigenvalue weighted by Crippen LogP contribution is -2.27. The highest BCUT2D eigenvalue weighted by atomic mass is 35.5. The Bertz CT molecular complexity index is 588. The molecule has 0 fully saturated rings. The van der Waals surface area contributed by atoms with Gasteiger partial charge in [0.05, 0.1) is 18.7 Å². The second-order valence-electron chi connectivity index (χ2n) is 4.46. The van der Waals surface area contributed by atoms with Crippen molar-refractivity contribution < 1.29 is 4.42 Å². The third kappa shape index (κ3) is 5.20. The summed E-state index contributed by atoms with van der Waals surface area (Å²) in [5, 5.41) is 7.92. The minimum Gasteiger partial charge on any atom is -0.463 e. The van der Waals surface area contributed by atoms with Crippen LogP contribution in [0, 0.1) is 0 Å². The molecule has 4 nitrogen and oxygen atoms in total. The summed E-state index contributed by atoms with van der Waals surface area (Å²) in [6.07, 6.45) is 4.85. The molecule has 0 atom stereocenters. The van der Waals surface area contributed by atoms with Crippen LogP contribution in [-0.4, -0.2) is 37.3 Å². The molecule has 0 radical (unpaired) electrons. The Morgan fingerprint density at radius 3 is 2.23 bits per heavy atom. The van der Waals surface area contributed by atoms with E-state index in [0.29, 0.717) is 17.5 Å². The number of rotatable bonds is 8. The molecule has 0 saturated heterocycles. The van der Waals surface area contributed by atoms with Gasteiger partial charge in [-0.15, -0.1) is 23.2 Å². The molecule has 2 aromatic rings. The summed E-state index contributed by atoms with van der Waals surface area (Å²) in [6, 6.07) is 11.6. The third-order valence-corrected chi connectivity index (χ3v) is 3.31. The Hall–Kier alpha value is -1.78. The number of hydrogen-bond donors (Lipinski definition) is 0. The maximum Gasteiger partial charge on any atom is 0.146 e. The van der Waals surface area contributed by atoms with Gasteiger partial charge < -0.3 is 9.32 Å². The summed E-state index contributed by atoms with van der Waals surface area (Å²) in [5.74, 6) is 1.81. The lowest BCUT2D eigenvalue weighted by atomic mass is 10.2. The van der Waals surface area contributed by atoms with E-state index in [1.807, 2.05) is 30.3 Å². The average molecular weight is 338 g/mol. The maximum absolute atomic E-state index is 5.81. The van der Waals surface area contributed by atoms with Gasteiger partial charge in [0.15, 0.2) is 0 Å². The van der Waals surface area contributed by atoms with E-state index in [2.05, 4.69) is 15.1 Å². The lowest BCUT2D eigenvalue weighted by molar-refractivity contribution is 0.560. The fourth-order valence-electron chi connectivity index (χ4n) is 1.90. The fraction of sp³-hybridized carbons (Fsp3) is 0.250. The van der Waals surface area contributed by atoms with Crippen molar-refractivity contribution in [2.75, 3.05) is 29.7 Å². The summed E-state index contributed by atoms with van der Waals surface area (Å²) < 4.78 is 5.12.